The van der Waals surface area contributed by atoms with E-state index in [4.69, 9.17) is 21.7 Å². The van der Waals surface area contributed by atoms with Crippen LogP contribution in [-0.2, 0) is 16.1 Å². The van der Waals surface area contributed by atoms with Gasteiger partial charge in [-0.05, 0) is 48.6 Å². The molecule has 4 aromatic rings. The zero-order valence-electron chi connectivity index (χ0n) is 17.6. The first-order valence-corrected chi connectivity index (χ1v) is 10.7. The third kappa shape index (κ3) is 3.78. The van der Waals surface area contributed by atoms with Gasteiger partial charge in [0.2, 0.25) is 5.76 Å². The van der Waals surface area contributed by atoms with Crippen molar-refractivity contribution in [2.75, 3.05) is 4.90 Å². The Morgan fingerprint density at radius 2 is 1.76 bits per heavy atom. The van der Waals surface area contributed by atoms with Crippen LogP contribution in [0, 0.1) is 0 Å². The topological polar surface area (TPSA) is 105 Å². The Hall–Kier alpha value is -4.50. The van der Waals surface area contributed by atoms with Crippen LogP contribution < -0.4 is 10.2 Å². The smallest absolute Gasteiger partial charge is 0.371 e. The van der Waals surface area contributed by atoms with Gasteiger partial charge in [0.1, 0.15) is 11.3 Å². The summed E-state index contributed by atoms with van der Waals surface area (Å²) in [5.74, 6) is -1.92. The van der Waals surface area contributed by atoms with Gasteiger partial charge in [-0.1, -0.05) is 36.4 Å². The van der Waals surface area contributed by atoms with Gasteiger partial charge >= 0.3 is 5.97 Å². The Balaban J connectivity index is 1.55. The predicted octanol–water partition coefficient (Wildman–Crippen LogP) is 3.81. The molecule has 2 amide bonds. The van der Waals surface area contributed by atoms with Crippen LogP contribution in [0.25, 0.3) is 17.0 Å². The van der Waals surface area contributed by atoms with Crippen molar-refractivity contribution in [3.63, 3.8) is 0 Å². The number of anilines is 1. The van der Waals surface area contributed by atoms with Gasteiger partial charge in [-0.25, -0.2) is 4.79 Å². The maximum Gasteiger partial charge on any atom is 0.371 e. The van der Waals surface area contributed by atoms with E-state index in [-0.39, 0.29) is 23.0 Å². The van der Waals surface area contributed by atoms with Crippen molar-refractivity contribution in [2.24, 2.45) is 0 Å². The lowest BCUT2D eigenvalue weighted by atomic mass is 10.1. The van der Waals surface area contributed by atoms with Crippen molar-refractivity contribution in [1.29, 1.82) is 0 Å². The van der Waals surface area contributed by atoms with Gasteiger partial charge in [0.25, 0.3) is 11.8 Å². The molecule has 1 fully saturated rings. The van der Waals surface area contributed by atoms with Crippen molar-refractivity contribution in [1.82, 2.24) is 9.88 Å². The van der Waals surface area contributed by atoms with Gasteiger partial charge in [-0.3, -0.25) is 19.8 Å². The van der Waals surface area contributed by atoms with Gasteiger partial charge in [0.15, 0.2) is 5.11 Å². The normalized spacial score (nSPS) is 15.2. The molecule has 0 atom stereocenters. The fourth-order valence-electron chi connectivity index (χ4n) is 3.89. The summed E-state index contributed by atoms with van der Waals surface area (Å²) in [6.45, 7) is 0.275. The van der Waals surface area contributed by atoms with E-state index in [1.165, 1.54) is 11.0 Å². The molecule has 2 aromatic carbocycles. The van der Waals surface area contributed by atoms with Gasteiger partial charge in [0, 0.05) is 22.7 Å². The van der Waals surface area contributed by atoms with Crippen LogP contribution in [0.1, 0.15) is 21.9 Å². The number of hydrogen-bond donors (Lipinski definition) is 2. The number of rotatable bonds is 5. The van der Waals surface area contributed by atoms with Crippen molar-refractivity contribution < 1.29 is 23.9 Å². The third-order valence-electron chi connectivity index (χ3n) is 5.43. The van der Waals surface area contributed by atoms with E-state index in [2.05, 4.69) is 5.32 Å². The first-order chi connectivity index (χ1) is 16.4. The average molecular weight is 471 g/mol. The van der Waals surface area contributed by atoms with Crippen molar-refractivity contribution in [2.45, 2.75) is 6.54 Å². The second-order valence-electron chi connectivity index (χ2n) is 7.59. The average Bonchev–Trinajstić information content (AvgIpc) is 3.43. The van der Waals surface area contributed by atoms with E-state index in [0.717, 1.165) is 10.9 Å². The maximum absolute atomic E-state index is 13.3. The molecule has 1 saturated heterocycles. The van der Waals surface area contributed by atoms with Crippen LogP contribution in [0.15, 0.2) is 82.9 Å². The second kappa shape index (κ2) is 8.45. The number of carboxylic acids is 1. The first kappa shape index (κ1) is 21.4. The highest BCUT2D eigenvalue weighted by Gasteiger charge is 2.34. The van der Waals surface area contributed by atoms with Crippen LogP contribution >= 0.6 is 12.2 Å². The van der Waals surface area contributed by atoms with Gasteiger partial charge in [-0.2, -0.15) is 0 Å². The SMILES string of the molecule is O=C1NC(=S)N(c2ccccc2)C(=O)/C1=C/c1cn(Cc2ccc(C(=O)O)o2)c2ccccc12. The lowest BCUT2D eigenvalue weighted by Crippen LogP contribution is -2.54. The molecule has 168 valence electrons. The number of aromatic carboxylic acids is 1. The number of benzene rings is 2. The Labute approximate surface area is 198 Å². The second-order valence-corrected chi connectivity index (χ2v) is 7.98. The zero-order valence-corrected chi connectivity index (χ0v) is 18.4. The van der Waals surface area contributed by atoms with Crippen LogP contribution in [0.4, 0.5) is 5.69 Å². The highest BCUT2D eigenvalue weighted by molar-refractivity contribution is 7.80. The minimum absolute atomic E-state index is 0.0211. The number of hydrogen-bond acceptors (Lipinski definition) is 5. The molecule has 0 aliphatic carbocycles. The number of amides is 2. The maximum atomic E-state index is 13.3. The molecular formula is C25H17N3O5S. The van der Waals surface area contributed by atoms with Gasteiger partial charge in [-0.15, -0.1) is 0 Å². The number of aromatic nitrogens is 1. The molecule has 0 bridgehead atoms. The molecule has 3 heterocycles. The molecule has 0 spiro atoms. The van der Waals surface area contributed by atoms with Crippen molar-refractivity contribution >= 4 is 57.8 Å². The molecule has 0 unspecified atom stereocenters. The minimum Gasteiger partial charge on any atom is -0.475 e. The lowest BCUT2D eigenvalue weighted by molar-refractivity contribution is -0.122. The Bertz CT molecular complexity index is 1500. The molecule has 9 heteroatoms. The van der Waals surface area contributed by atoms with Crippen LogP contribution in [0.5, 0.6) is 0 Å². The number of carbonyl (C=O) groups is 3. The third-order valence-corrected chi connectivity index (χ3v) is 5.72. The number of thiocarbonyl (C=S) groups is 1. The fraction of sp³-hybridized carbons (Fsp3) is 0.0400. The highest BCUT2D eigenvalue weighted by atomic mass is 32.1. The molecule has 5 rings (SSSR count). The molecule has 0 saturated carbocycles. The summed E-state index contributed by atoms with van der Waals surface area (Å²) >= 11 is 5.24. The zero-order chi connectivity index (χ0) is 23.8. The van der Waals surface area contributed by atoms with Crippen LogP contribution in [0.2, 0.25) is 0 Å². The standard InChI is InChI=1S/C25H17N3O5S/c29-22-19(23(30)28(25(34)26-22)16-6-2-1-3-7-16)12-15-13-27(20-9-5-4-8-18(15)20)14-17-10-11-21(33-17)24(31)32/h1-13H,14H2,(H,31,32)(H,26,29,34)/b19-12+. The number of furan rings is 1. The van der Waals surface area contributed by atoms with Gasteiger partial charge in [0.05, 0.1) is 12.2 Å². The van der Waals surface area contributed by atoms with E-state index in [1.807, 2.05) is 34.9 Å². The Kier molecular flexibility index (Phi) is 5.31. The van der Waals surface area contributed by atoms with E-state index in [0.29, 0.717) is 17.0 Å². The first-order valence-electron chi connectivity index (χ1n) is 10.3. The van der Waals surface area contributed by atoms with E-state index >= 15 is 0 Å². The summed E-state index contributed by atoms with van der Waals surface area (Å²) in [7, 11) is 0. The molecule has 0 radical (unpaired) electrons. The van der Waals surface area contributed by atoms with E-state index < -0.39 is 17.8 Å². The quantitative estimate of drug-likeness (QED) is 0.261. The monoisotopic (exact) mass is 471 g/mol. The number of nitrogens with zero attached hydrogens (tertiary/aromatic N) is 2. The largest absolute Gasteiger partial charge is 0.475 e. The van der Waals surface area contributed by atoms with Crippen molar-refractivity contribution in [3.05, 3.63) is 95.6 Å². The Morgan fingerprint density at radius 3 is 2.50 bits per heavy atom. The molecule has 2 aromatic heterocycles. The molecule has 1 aliphatic heterocycles. The van der Waals surface area contributed by atoms with Crippen molar-refractivity contribution in [3.8, 4) is 0 Å². The fourth-order valence-corrected chi connectivity index (χ4v) is 4.17. The summed E-state index contributed by atoms with van der Waals surface area (Å²) in [5.41, 5.74) is 1.99. The summed E-state index contributed by atoms with van der Waals surface area (Å²) in [4.78, 5) is 38.4. The molecule has 8 nitrogen and oxygen atoms in total. The van der Waals surface area contributed by atoms with Crippen LogP contribution in [0.3, 0.4) is 0 Å². The van der Waals surface area contributed by atoms with E-state index in [1.54, 1.807) is 42.6 Å². The molecule has 1 aliphatic rings. The summed E-state index contributed by atoms with van der Waals surface area (Å²) in [6, 6.07) is 19.4. The van der Waals surface area contributed by atoms with Gasteiger partial charge < -0.3 is 14.1 Å². The summed E-state index contributed by atoms with van der Waals surface area (Å²) in [6.07, 6.45) is 3.33. The van der Waals surface area contributed by atoms with Crippen LogP contribution in [-0.4, -0.2) is 32.6 Å². The van der Waals surface area contributed by atoms with E-state index in [9.17, 15) is 14.4 Å². The number of carboxylic acid groups (broad SMARTS) is 1. The minimum atomic E-state index is -1.14. The number of nitrogens with one attached hydrogen (secondary N) is 1. The summed E-state index contributed by atoms with van der Waals surface area (Å²) < 4.78 is 7.26. The lowest BCUT2D eigenvalue weighted by Gasteiger charge is -2.28. The Morgan fingerprint density at radius 1 is 1.03 bits per heavy atom. The molecular weight excluding hydrogens is 454 g/mol. The number of carbonyl (C=O) groups excluding carboxylic acids is 2. The molecule has 2 N–H and O–H groups in total. The molecule has 34 heavy (non-hydrogen) atoms. The number of para-hydroxylation sites is 2. The predicted molar refractivity (Wildman–Crippen MR) is 129 cm³/mol. The highest BCUT2D eigenvalue weighted by Crippen LogP contribution is 2.27. The number of fused-ring (bicyclic) bond motifs is 1. The summed E-state index contributed by atoms with van der Waals surface area (Å²) in [5, 5.41) is 12.5.